The highest BCUT2D eigenvalue weighted by Crippen LogP contribution is 2.32. The second-order valence-electron chi connectivity index (χ2n) is 28.3. The highest BCUT2D eigenvalue weighted by atomic mass is 32.2. The lowest BCUT2D eigenvalue weighted by molar-refractivity contribution is -0.183. The van der Waals surface area contributed by atoms with Crippen LogP contribution in [-0.4, -0.2) is 206 Å². The largest absolute Gasteiger partial charge is 0.536 e. The van der Waals surface area contributed by atoms with Crippen molar-refractivity contribution in [2.24, 2.45) is 29.2 Å². The summed E-state index contributed by atoms with van der Waals surface area (Å²) in [5.74, 6) is -8.55. The molecule has 0 aromatic heterocycles. The Bertz CT molecular complexity index is 2820. The number of thiol groups is 2. The average molecular weight is 1560 g/mol. The molecule has 0 aromatic carbocycles. The molecule has 37 nitrogen and oxygen atoms in total. The number of carboxylic acids is 4. The molecule has 4 amide bonds. The first-order valence-electron chi connectivity index (χ1n) is 30.8. The summed E-state index contributed by atoms with van der Waals surface area (Å²) in [6, 6.07) is -4.65. The quantitative estimate of drug-likeness (QED) is 0.0121. The molecule has 1 heterocycles. The summed E-state index contributed by atoms with van der Waals surface area (Å²) in [6.07, 6.45) is -5.09. The molecule has 10 N–H and O–H groups in total. The molecule has 1 aliphatic heterocycles. The van der Waals surface area contributed by atoms with Crippen LogP contribution in [0.25, 0.3) is 0 Å². The molecule has 1 saturated heterocycles. The van der Waals surface area contributed by atoms with Crippen molar-refractivity contribution < 1.29 is 154 Å². The van der Waals surface area contributed by atoms with Crippen molar-refractivity contribution >= 4 is 144 Å². The van der Waals surface area contributed by atoms with Crippen molar-refractivity contribution in [2.45, 2.75) is 258 Å². The van der Waals surface area contributed by atoms with Crippen molar-refractivity contribution in [2.75, 3.05) is 20.4 Å². The number of hydrogen-bond acceptors (Lipinski definition) is 34. The molecular weight excluding hydrogens is 1450 g/mol. The zero-order valence-corrected chi connectivity index (χ0v) is 66.5. The maximum atomic E-state index is 11.9. The number of hydrogen-bond donors (Lipinski definition) is 10. The third kappa shape index (κ3) is 54.5. The predicted molar refractivity (Wildman–Crippen MR) is 375 cm³/mol. The molecule has 0 radical (unpaired) electrons. The average Bonchev–Trinajstić information content (AvgIpc) is 1.14. The van der Waals surface area contributed by atoms with E-state index in [1.807, 2.05) is 0 Å². The van der Waals surface area contributed by atoms with Crippen LogP contribution in [0.1, 0.15) is 193 Å². The number of carbonyl (C=O) groups excluding carboxylic acids is 12. The molecule has 4 atom stereocenters. The number of aliphatic carboxylic acids is 4. The zero-order valence-electron chi connectivity index (χ0n) is 63.1. The Morgan fingerprint density at radius 1 is 0.417 bits per heavy atom. The van der Waals surface area contributed by atoms with Gasteiger partial charge in [0.1, 0.15) is 46.6 Å². The standard InChI is InChI=1S/C16H27NO8S.C11H19NO6S.C10H13NO7.C10H19NO4S.C10H18O5.C5H11NO2S/c1-9(2)12(20)23-8-24-14(22)26-16(6,7)10(11(18)19)17-13(21)25-15(3,4)5;1-6(2)9(15)17-5-18-10(16)19-11(3,4)7(12)8(13)14;1-6(2)9(14)16-5-17-10(15)18-11-7(12)3-4-8(11)13;1-9(2,3)15-8(14)11-6(7(12)13)10(4,5)16;1-9(2,3)14-7(11)13-8(12)15-10(4,5)6;1-5(2,9)3(6)4(7)8/h9-10H,8H2,1-7H3,(H,17,21)(H,18,19);6-7H,5,12H2,1-4H3,(H,13,14);6H,3-5H2,1-2H3;6,16H,1-5H3,(H,11,14)(H,12,13);1-6H3;3,9H,6H2,1-2H3,(H,7,8)/t10-;7-;;6-;;3-/m00.0.0/s1. The van der Waals surface area contributed by atoms with E-state index in [1.54, 1.807) is 152 Å². The SMILES string of the molecule is CC(C)(C)OC(=O)N[C@@H](C(=O)O)C(C)(C)S.CC(C)(C)OC(=O)OC(=O)OC(C)(C)C.CC(C)(S)[C@@H](N)C(=O)O.CC(C)C(=O)OCOC(=O)ON1C(=O)CCC1=O.CC(C)C(=O)OCOC(=O)SC(C)(C)[C@@H](N)C(=O)O.CC(C)C(=O)OCOC(=O)SC(C)(C)[C@@H](NC(=O)OC(C)(C)C)C(=O)O. The van der Waals surface area contributed by atoms with Crippen molar-refractivity contribution in [3.63, 3.8) is 0 Å². The molecule has 596 valence electrons. The number of hydroxylamine groups is 2. The first kappa shape index (κ1) is 104. The van der Waals surface area contributed by atoms with Gasteiger partial charge in [-0.2, -0.15) is 25.3 Å². The third-order valence-electron chi connectivity index (χ3n) is 10.6. The number of imide groups is 1. The van der Waals surface area contributed by atoms with Gasteiger partial charge in [0.2, 0.25) is 20.4 Å². The van der Waals surface area contributed by atoms with Crippen LogP contribution < -0.4 is 22.1 Å². The molecule has 0 spiro atoms. The molecule has 0 saturated carbocycles. The summed E-state index contributed by atoms with van der Waals surface area (Å²) in [5.41, 5.74) is 7.81. The molecule has 41 heteroatoms. The predicted octanol–water partition coefficient (Wildman–Crippen LogP) is 8.99. The minimum atomic E-state index is -1.42. The summed E-state index contributed by atoms with van der Waals surface area (Å²) in [5, 5.41) is 38.7. The first-order valence-corrected chi connectivity index (χ1v) is 33.4. The highest BCUT2D eigenvalue weighted by Gasteiger charge is 2.42. The summed E-state index contributed by atoms with van der Waals surface area (Å²) < 4.78 is 47.7. The minimum Gasteiger partial charge on any atom is -0.480 e. The van der Waals surface area contributed by atoms with Crippen molar-refractivity contribution in [1.82, 2.24) is 15.7 Å². The van der Waals surface area contributed by atoms with E-state index in [-0.39, 0.29) is 30.6 Å². The van der Waals surface area contributed by atoms with Crippen LogP contribution in [-0.2, 0) is 100 Å². The Balaban J connectivity index is -0.000000381. The Labute approximate surface area is 618 Å². The van der Waals surface area contributed by atoms with Crippen LogP contribution in [0.5, 0.6) is 0 Å². The summed E-state index contributed by atoms with van der Waals surface area (Å²) >= 11 is 9.30. The van der Waals surface area contributed by atoms with Gasteiger partial charge in [0.05, 0.1) is 22.5 Å². The lowest BCUT2D eigenvalue weighted by atomic mass is 10.0. The monoisotopic (exact) mass is 1560 g/mol. The molecule has 0 unspecified atom stereocenters. The number of nitrogens with zero attached hydrogens (tertiary/aromatic N) is 1. The molecular formula is C62H107N5O32S4. The van der Waals surface area contributed by atoms with Gasteiger partial charge in [-0.1, -0.05) is 46.6 Å². The Morgan fingerprint density at radius 2 is 0.709 bits per heavy atom. The van der Waals surface area contributed by atoms with Crippen molar-refractivity contribution in [1.29, 1.82) is 0 Å². The fourth-order valence-corrected chi connectivity index (χ4v) is 7.27. The number of esters is 3. The molecule has 0 bridgehead atoms. The minimum absolute atomic E-state index is 0.00551. The number of thioether (sulfide) groups is 2. The molecule has 0 aliphatic carbocycles. The van der Waals surface area contributed by atoms with E-state index in [4.69, 9.17) is 55.2 Å². The number of carboxylic acid groups (broad SMARTS) is 4. The smallest absolute Gasteiger partial charge is 0.480 e. The zero-order chi connectivity index (χ0) is 82.7. The van der Waals surface area contributed by atoms with E-state index in [0.29, 0.717) is 28.6 Å². The number of carbonyl (C=O) groups is 16. The second kappa shape index (κ2) is 46.1. The normalized spacial score (nSPS) is 13.5. The lowest BCUT2D eigenvalue weighted by Gasteiger charge is -2.31. The Morgan fingerprint density at radius 3 is 0.961 bits per heavy atom. The van der Waals surface area contributed by atoms with Crippen LogP contribution in [0.3, 0.4) is 0 Å². The fourth-order valence-electron chi connectivity index (χ4n) is 5.41. The molecule has 1 rings (SSSR count). The second-order valence-corrected chi connectivity index (χ2v) is 33.8. The number of nitrogens with one attached hydrogen (secondary N) is 2. The van der Waals surface area contributed by atoms with E-state index in [9.17, 15) is 81.8 Å². The van der Waals surface area contributed by atoms with Gasteiger partial charge in [-0.05, 0) is 162 Å². The van der Waals surface area contributed by atoms with Gasteiger partial charge in [-0.25, -0.2) is 43.2 Å². The lowest BCUT2D eigenvalue weighted by Crippen LogP contribution is -2.53. The highest BCUT2D eigenvalue weighted by molar-refractivity contribution is 8.14. The number of amides is 4. The molecule has 1 aliphatic rings. The van der Waals surface area contributed by atoms with Gasteiger partial charge in [-0.15, -0.1) is 0 Å². The maximum Gasteiger partial charge on any atom is 0.536 e. The van der Waals surface area contributed by atoms with E-state index in [0.717, 1.165) is 0 Å². The van der Waals surface area contributed by atoms with E-state index in [1.165, 1.54) is 27.7 Å². The van der Waals surface area contributed by atoms with Crippen molar-refractivity contribution in [3.8, 4) is 0 Å². The van der Waals surface area contributed by atoms with Gasteiger partial charge in [-0.3, -0.25) is 38.4 Å². The van der Waals surface area contributed by atoms with Crippen LogP contribution in [0.2, 0.25) is 0 Å². The number of ether oxygens (including phenoxy) is 11. The molecule has 0 aromatic rings. The Kier molecular flexibility index (Phi) is 46.5. The van der Waals surface area contributed by atoms with Gasteiger partial charge in [0.25, 0.3) is 11.8 Å². The number of alkyl carbamates (subject to hydrolysis) is 2. The fraction of sp³-hybridized carbons (Fsp3) is 0.742. The maximum absolute atomic E-state index is 11.9. The van der Waals surface area contributed by atoms with Crippen LogP contribution >= 0.6 is 48.8 Å². The summed E-state index contributed by atoms with van der Waals surface area (Å²) in [6.45, 7) is 40.6. The summed E-state index contributed by atoms with van der Waals surface area (Å²) in [7, 11) is 0. The Hall–Kier alpha value is -7.76. The topological polar surface area (TPSA) is 544 Å². The van der Waals surface area contributed by atoms with Crippen molar-refractivity contribution in [3.05, 3.63) is 0 Å². The van der Waals surface area contributed by atoms with Gasteiger partial charge >= 0.3 is 83.0 Å². The van der Waals surface area contributed by atoms with E-state index >= 15 is 0 Å². The molecule has 1 fully saturated rings. The summed E-state index contributed by atoms with van der Waals surface area (Å²) in [4.78, 5) is 183. The molecule has 103 heavy (non-hydrogen) atoms. The van der Waals surface area contributed by atoms with E-state index < -0.39 is 181 Å². The van der Waals surface area contributed by atoms with Gasteiger partial charge in [0.15, 0.2) is 0 Å². The van der Waals surface area contributed by atoms with Gasteiger partial charge < -0.3 is 94.6 Å². The van der Waals surface area contributed by atoms with Gasteiger partial charge in [0, 0.05) is 27.1 Å². The first-order chi connectivity index (χ1) is 45.9. The van der Waals surface area contributed by atoms with Crippen LogP contribution in [0.4, 0.5) is 33.6 Å². The number of nitrogens with two attached hydrogens (primary N) is 2. The number of rotatable bonds is 22. The van der Waals surface area contributed by atoms with Crippen LogP contribution in [0, 0.1) is 17.8 Å². The van der Waals surface area contributed by atoms with Crippen LogP contribution in [0.15, 0.2) is 0 Å². The third-order valence-corrected chi connectivity index (χ3v) is 13.3. The van der Waals surface area contributed by atoms with E-state index in [2.05, 4.69) is 64.4 Å².